The first-order valence-corrected chi connectivity index (χ1v) is 10.3. The average Bonchev–Trinajstić information content (AvgIpc) is 2.79. The number of unbranched alkanes of at least 4 members (excludes halogenated alkanes) is 1. The number of ether oxygens (including phenoxy) is 1. The second-order valence-corrected chi connectivity index (χ2v) is 6.92. The van der Waals surface area contributed by atoms with E-state index in [4.69, 9.17) is 9.84 Å². The lowest BCUT2D eigenvalue weighted by Gasteiger charge is -2.11. The van der Waals surface area contributed by atoms with E-state index in [0.717, 1.165) is 12.8 Å². The molecule has 0 saturated carbocycles. The fourth-order valence-electron chi connectivity index (χ4n) is 2.62. The van der Waals surface area contributed by atoms with Crippen LogP contribution in [0.4, 0.5) is 5.69 Å². The van der Waals surface area contributed by atoms with E-state index in [2.05, 4.69) is 17.6 Å². The first-order chi connectivity index (χ1) is 15.4. The fraction of sp³-hybridized carbons (Fsp3) is 0.304. The number of nitrogens with zero attached hydrogens (tertiary/aromatic N) is 1. The van der Waals surface area contributed by atoms with Crippen molar-refractivity contribution in [2.24, 2.45) is 0 Å². The van der Waals surface area contributed by atoms with Crippen LogP contribution >= 0.6 is 0 Å². The molecule has 3 N–H and O–H groups in total. The number of hydrogen-bond acceptors (Lipinski definition) is 6. The Balaban J connectivity index is 2.17. The second-order valence-electron chi connectivity index (χ2n) is 6.92. The van der Waals surface area contributed by atoms with Gasteiger partial charge in [0.1, 0.15) is 11.4 Å². The summed E-state index contributed by atoms with van der Waals surface area (Å²) in [6, 6.07) is 12.2. The smallest absolute Gasteiger partial charge is 0.269 e. The van der Waals surface area contributed by atoms with Gasteiger partial charge in [0.15, 0.2) is 0 Å². The van der Waals surface area contributed by atoms with Gasteiger partial charge in [-0.2, -0.15) is 0 Å². The molecule has 0 saturated heterocycles. The topological polar surface area (TPSA) is 131 Å². The van der Waals surface area contributed by atoms with Gasteiger partial charge in [0.25, 0.3) is 17.5 Å². The molecule has 2 amide bonds. The number of nitrogens with one attached hydrogen (secondary N) is 2. The van der Waals surface area contributed by atoms with Gasteiger partial charge in [-0.25, -0.2) is 0 Å². The van der Waals surface area contributed by atoms with E-state index in [1.807, 2.05) is 0 Å². The predicted molar refractivity (Wildman–Crippen MR) is 120 cm³/mol. The number of nitro benzene ring substituents is 1. The molecule has 0 bridgehead atoms. The molecule has 2 rings (SSSR count). The zero-order chi connectivity index (χ0) is 23.3. The molecule has 9 nitrogen and oxygen atoms in total. The highest BCUT2D eigenvalue weighted by Gasteiger charge is 2.15. The van der Waals surface area contributed by atoms with Crippen molar-refractivity contribution < 1.29 is 24.4 Å². The average molecular weight is 441 g/mol. The summed E-state index contributed by atoms with van der Waals surface area (Å²) in [5.74, 6) is -0.376. The van der Waals surface area contributed by atoms with E-state index in [9.17, 15) is 19.7 Å². The monoisotopic (exact) mass is 441 g/mol. The minimum absolute atomic E-state index is 0.0231. The lowest BCUT2D eigenvalue weighted by atomic mass is 10.1. The Bertz CT molecular complexity index is 939. The molecule has 0 aromatic heterocycles. The van der Waals surface area contributed by atoms with Crippen molar-refractivity contribution >= 4 is 23.6 Å². The van der Waals surface area contributed by atoms with Gasteiger partial charge in [-0.3, -0.25) is 19.7 Å². The van der Waals surface area contributed by atoms with Crippen molar-refractivity contribution in [1.82, 2.24) is 10.6 Å². The largest absolute Gasteiger partial charge is 0.494 e. The van der Waals surface area contributed by atoms with Gasteiger partial charge >= 0.3 is 0 Å². The van der Waals surface area contributed by atoms with Gasteiger partial charge in [-0.05, 0) is 60.9 Å². The summed E-state index contributed by atoms with van der Waals surface area (Å²) < 4.78 is 5.59. The van der Waals surface area contributed by atoms with Crippen LogP contribution in [0.3, 0.4) is 0 Å². The first-order valence-electron chi connectivity index (χ1n) is 10.3. The maximum Gasteiger partial charge on any atom is 0.269 e. The number of aliphatic hydroxyl groups is 1. The van der Waals surface area contributed by atoms with E-state index in [0.29, 0.717) is 29.9 Å². The van der Waals surface area contributed by atoms with Crippen molar-refractivity contribution in [3.8, 4) is 5.75 Å². The molecule has 9 heteroatoms. The van der Waals surface area contributed by atoms with Crippen LogP contribution in [0, 0.1) is 10.1 Å². The van der Waals surface area contributed by atoms with Crippen LogP contribution in [-0.4, -0.2) is 41.6 Å². The molecule has 0 radical (unpaired) electrons. The Morgan fingerprint density at radius 2 is 1.78 bits per heavy atom. The summed E-state index contributed by atoms with van der Waals surface area (Å²) in [4.78, 5) is 35.6. The molecular formula is C23H27N3O6. The number of aliphatic hydroxyl groups excluding tert-OH is 1. The molecule has 2 aromatic carbocycles. The van der Waals surface area contributed by atoms with Crippen molar-refractivity contribution in [2.45, 2.75) is 26.2 Å². The van der Waals surface area contributed by atoms with E-state index in [1.54, 1.807) is 24.3 Å². The quantitative estimate of drug-likeness (QED) is 0.201. The third-order valence-corrected chi connectivity index (χ3v) is 4.41. The van der Waals surface area contributed by atoms with E-state index < -0.39 is 16.7 Å². The minimum Gasteiger partial charge on any atom is -0.494 e. The zero-order valence-corrected chi connectivity index (χ0v) is 17.9. The summed E-state index contributed by atoms with van der Waals surface area (Å²) in [5, 5.41) is 24.9. The molecule has 0 aliphatic heterocycles. The van der Waals surface area contributed by atoms with Gasteiger partial charge in [0.2, 0.25) is 0 Å². The molecule has 0 atom stereocenters. The van der Waals surface area contributed by atoms with Crippen molar-refractivity contribution in [2.75, 3.05) is 19.8 Å². The lowest BCUT2D eigenvalue weighted by molar-refractivity contribution is -0.384. The molecule has 0 unspecified atom stereocenters. The van der Waals surface area contributed by atoms with Crippen LogP contribution in [0.15, 0.2) is 54.2 Å². The van der Waals surface area contributed by atoms with Crippen LogP contribution in [0.1, 0.15) is 42.1 Å². The van der Waals surface area contributed by atoms with E-state index >= 15 is 0 Å². The van der Waals surface area contributed by atoms with Gasteiger partial charge in [-0.1, -0.05) is 13.3 Å². The van der Waals surface area contributed by atoms with Crippen LogP contribution < -0.4 is 15.4 Å². The summed E-state index contributed by atoms with van der Waals surface area (Å²) in [6.07, 6.45) is 3.75. The number of amides is 2. The number of carbonyl (C=O) groups is 2. The Morgan fingerprint density at radius 3 is 2.38 bits per heavy atom. The third kappa shape index (κ3) is 7.84. The van der Waals surface area contributed by atoms with Gasteiger partial charge in [0.05, 0.1) is 11.5 Å². The van der Waals surface area contributed by atoms with Crippen LogP contribution in [0.5, 0.6) is 5.75 Å². The zero-order valence-electron chi connectivity index (χ0n) is 17.9. The number of hydrogen-bond donors (Lipinski definition) is 3. The van der Waals surface area contributed by atoms with Crippen molar-refractivity contribution in [3.63, 3.8) is 0 Å². The van der Waals surface area contributed by atoms with Crippen molar-refractivity contribution in [1.29, 1.82) is 0 Å². The Kier molecular flexibility index (Phi) is 9.86. The van der Waals surface area contributed by atoms with Gasteiger partial charge in [-0.15, -0.1) is 0 Å². The maximum absolute atomic E-state index is 12.7. The van der Waals surface area contributed by atoms with Gasteiger partial charge < -0.3 is 20.5 Å². The predicted octanol–water partition coefficient (Wildman–Crippen LogP) is 3.04. The Labute approximate surface area is 186 Å². The van der Waals surface area contributed by atoms with Crippen LogP contribution in [0.2, 0.25) is 0 Å². The number of carbonyl (C=O) groups excluding carboxylic acids is 2. The van der Waals surface area contributed by atoms with Gasteiger partial charge in [0, 0.05) is 30.8 Å². The molecule has 0 spiro atoms. The highest BCUT2D eigenvalue weighted by Crippen LogP contribution is 2.16. The standard InChI is InChI=1S/C23H27N3O6/c1-2-3-15-32-20-11-7-18(8-12-20)22(28)25-21(23(29)24-13-4-14-27)16-17-5-9-19(10-6-17)26(30)31/h5-12,16,27H,2-4,13-15H2,1H3,(H,24,29)(H,25,28)/b21-16+. The third-order valence-electron chi connectivity index (χ3n) is 4.41. The molecule has 32 heavy (non-hydrogen) atoms. The van der Waals surface area contributed by atoms with Crippen LogP contribution in [0.25, 0.3) is 6.08 Å². The lowest BCUT2D eigenvalue weighted by Crippen LogP contribution is -2.35. The summed E-state index contributed by atoms with van der Waals surface area (Å²) in [5.41, 5.74) is 0.736. The number of non-ortho nitro benzene ring substituents is 1. The minimum atomic E-state index is -0.537. The molecular weight excluding hydrogens is 414 g/mol. The first kappa shape index (κ1) is 24.5. The Morgan fingerprint density at radius 1 is 1.09 bits per heavy atom. The highest BCUT2D eigenvalue weighted by molar-refractivity contribution is 6.05. The van der Waals surface area contributed by atoms with E-state index in [-0.39, 0.29) is 24.5 Å². The van der Waals surface area contributed by atoms with E-state index in [1.165, 1.54) is 30.3 Å². The summed E-state index contributed by atoms with van der Waals surface area (Å²) in [7, 11) is 0. The van der Waals surface area contributed by atoms with Crippen molar-refractivity contribution in [3.05, 3.63) is 75.5 Å². The number of rotatable bonds is 12. The fourth-order valence-corrected chi connectivity index (χ4v) is 2.62. The maximum atomic E-state index is 12.7. The molecule has 0 aliphatic rings. The highest BCUT2D eigenvalue weighted by atomic mass is 16.6. The second kappa shape index (κ2) is 12.9. The molecule has 0 aliphatic carbocycles. The van der Waals surface area contributed by atoms with Crippen LogP contribution in [-0.2, 0) is 4.79 Å². The normalized spacial score (nSPS) is 11.0. The molecule has 2 aromatic rings. The molecule has 170 valence electrons. The Hall–Kier alpha value is -3.72. The summed E-state index contributed by atoms with van der Waals surface area (Å²) in [6.45, 7) is 2.81. The molecule has 0 fully saturated rings. The number of benzene rings is 2. The molecule has 0 heterocycles. The SMILES string of the molecule is CCCCOc1ccc(C(=O)N/C(=C/c2ccc([N+](=O)[O-])cc2)C(=O)NCCCO)cc1. The number of nitro groups is 1. The summed E-state index contributed by atoms with van der Waals surface area (Å²) >= 11 is 0.